The number of nitrogens with zero attached hydrogens (tertiary/aromatic N) is 1. The number of aliphatic hydroxyl groups is 1. The molecular formula is C12H13F4NO2. The van der Waals surface area contributed by atoms with Crippen molar-refractivity contribution in [2.24, 2.45) is 0 Å². The molecule has 0 heterocycles. The Morgan fingerprint density at radius 1 is 1.42 bits per heavy atom. The van der Waals surface area contributed by atoms with E-state index in [1.54, 1.807) is 0 Å². The fourth-order valence-corrected chi connectivity index (χ4v) is 1.38. The summed E-state index contributed by atoms with van der Waals surface area (Å²) in [6.45, 7) is 1.12. The standard InChI is InChI=1S/C12H13F4NO2/c1-7(6-18)17(2)11(19)9-5-8(12(14,15)16)3-4-10(9)13/h3-5,7,18H,6H2,1-2H3. The van der Waals surface area contributed by atoms with Crippen LogP contribution in [-0.2, 0) is 6.18 Å². The van der Waals surface area contributed by atoms with Crippen LogP contribution in [0.3, 0.4) is 0 Å². The van der Waals surface area contributed by atoms with Crippen LogP contribution in [0.25, 0.3) is 0 Å². The molecule has 1 amide bonds. The summed E-state index contributed by atoms with van der Waals surface area (Å²) < 4.78 is 51.0. The first-order valence-corrected chi connectivity index (χ1v) is 5.43. The number of carbonyl (C=O) groups excluding carboxylic acids is 1. The number of amides is 1. The Labute approximate surface area is 107 Å². The summed E-state index contributed by atoms with van der Waals surface area (Å²) in [4.78, 5) is 12.8. The zero-order chi connectivity index (χ0) is 14.8. The third-order valence-corrected chi connectivity index (χ3v) is 2.77. The van der Waals surface area contributed by atoms with Gasteiger partial charge in [0.25, 0.3) is 5.91 Å². The van der Waals surface area contributed by atoms with E-state index in [0.29, 0.717) is 18.2 Å². The first-order chi connectivity index (χ1) is 8.68. The van der Waals surface area contributed by atoms with Gasteiger partial charge in [-0.15, -0.1) is 0 Å². The van der Waals surface area contributed by atoms with Gasteiger partial charge in [0.15, 0.2) is 0 Å². The Morgan fingerprint density at radius 3 is 2.47 bits per heavy atom. The highest BCUT2D eigenvalue weighted by Crippen LogP contribution is 2.30. The van der Waals surface area contributed by atoms with Gasteiger partial charge in [-0.3, -0.25) is 4.79 Å². The number of benzene rings is 1. The van der Waals surface area contributed by atoms with Crippen molar-refractivity contribution in [3.8, 4) is 0 Å². The van der Waals surface area contributed by atoms with Crippen LogP contribution in [0.5, 0.6) is 0 Å². The maximum absolute atomic E-state index is 13.5. The molecule has 0 saturated carbocycles. The predicted octanol–water partition coefficient (Wildman–Crippen LogP) is 2.30. The SMILES string of the molecule is CC(CO)N(C)C(=O)c1cc(C(F)(F)F)ccc1F. The third-order valence-electron chi connectivity index (χ3n) is 2.77. The van der Waals surface area contributed by atoms with Gasteiger partial charge in [-0.25, -0.2) is 4.39 Å². The number of rotatable bonds is 3. The molecule has 1 unspecified atom stereocenters. The smallest absolute Gasteiger partial charge is 0.394 e. The lowest BCUT2D eigenvalue weighted by Crippen LogP contribution is -2.37. The zero-order valence-corrected chi connectivity index (χ0v) is 10.3. The van der Waals surface area contributed by atoms with E-state index in [2.05, 4.69) is 0 Å². The number of likely N-dealkylation sites (N-methyl/N-ethyl adjacent to an activating group) is 1. The van der Waals surface area contributed by atoms with Gasteiger partial charge in [-0.2, -0.15) is 13.2 Å². The van der Waals surface area contributed by atoms with Crippen molar-refractivity contribution in [1.29, 1.82) is 0 Å². The molecule has 106 valence electrons. The summed E-state index contributed by atoms with van der Waals surface area (Å²) in [6, 6.07) is 1.02. The topological polar surface area (TPSA) is 40.5 Å². The van der Waals surface area contributed by atoms with Gasteiger partial charge in [0, 0.05) is 7.05 Å². The van der Waals surface area contributed by atoms with Crippen molar-refractivity contribution >= 4 is 5.91 Å². The summed E-state index contributed by atoms with van der Waals surface area (Å²) in [7, 11) is 1.28. The van der Waals surface area contributed by atoms with Crippen LogP contribution in [0, 0.1) is 5.82 Å². The molecule has 1 aromatic rings. The normalized spacial score (nSPS) is 13.2. The average Bonchev–Trinajstić information content (AvgIpc) is 2.35. The molecule has 1 atom stereocenters. The molecule has 19 heavy (non-hydrogen) atoms. The number of carbonyl (C=O) groups is 1. The van der Waals surface area contributed by atoms with Crippen LogP contribution in [0.2, 0.25) is 0 Å². The molecule has 7 heteroatoms. The summed E-state index contributed by atoms with van der Waals surface area (Å²) in [5.74, 6) is -1.94. The quantitative estimate of drug-likeness (QED) is 0.862. The fraction of sp³-hybridized carbons (Fsp3) is 0.417. The van der Waals surface area contributed by atoms with E-state index < -0.39 is 35.1 Å². The maximum Gasteiger partial charge on any atom is 0.416 e. The molecule has 0 saturated heterocycles. The van der Waals surface area contributed by atoms with E-state index >= 15 is 0 Å². The van der Waals surface area contributed by atoms with Gasteiger partial charge in [0.2, 0.25) is 0 Å². The average molecular weight is 279 g/mol. The molecule has 0 spiro atoms. The number of halogens is 4. The first kappa shape index (κ1) is 15.4. The Balaban J connectivity index is 3.16. The van der Waals surface area contributed by atoms with Crippen molar-refractivity contribution in [3.63, 3.8) is 0 Å². The molecular weight excluding hydrogens is 266 g/mol. The van der Waals surface area contributed by atoms with Crippen LogP contribution in [-0.4, -0.2) is 35.6 Å². The second kappa shape index (κ2) is 5.56. The molecule has 3 nitrogen and oxygen atoms in total. The molecule has 1 N–H and O–H groups in total. The van der Waals surface area contributed by atoms with Crippen molar-refractivity contribution in [2.45, 2.75) is 19.1 Å². The Kier molecular flexibility index (Phi) is 4.52. The minimum atomic E-state index is -4.65. The van der Waals surface area contributed by atoms with E-state index in [4.69, 9.17) is 5.11 Å². The zero-order valence-electron chi connectivity index (χ0n) is 10.3. The lowest BCUT2D eigenvalue weighted by atomic mass is 10.1. The van der Waals surface area contributed by atoms with E-state index in [1.807, 2.05) is 0 Å². The van der Waals surface area contributed by atoms with Crippen LogP contribution in [0.1, 0.15) is 22.8 Å². The number of aliphatic hydroxyl groups excluding tert-OH is 1. The molecule has 1 rings (SSSR count). The summed E-state index contributed by atoms with van der Waals surface area (Å²) in [5, 5.41) is 8.89. The summed E-state index contributed by atoms with van der Waals surface area (Å²) >= 11 is 0. The number of alkyl halides is 3. The van der Waals surface area contributed by atoms with Gasteiger partial charge < -0.3 is 10.0 Å². The highest BCUT2D eigenvalue weighted by atomic mass is 19.4. The minimum Gasteiger partial charge on any atom is -0.394 e. The van der Waals surface area contributed by atoms with Gasteiger partial charge in [-0.1, -0.05) is 0 Å². The summed E-state index contributed by atoms with van der Waals surface area (Å²) in [5.41, 5.74) is -1.76. The monoisotopic (exact) mass is 279 g/mol. The molecule has 0 radical (unpaired) electrons. The Morgan fingerprint density at radius 2 is 2.00 bits per heavy atom. The number of hydrogen-bond acceptors (Lipinski definition) is 2. The molecule has 0 aliphatic carbocycles. The summed E-state index contributed by atoms with van der Waals surface area (Å²) in [6.07, 6.45) is -4.65. The van der Waals surface area contributed by atoms with Crippen molar-refractivity contribution in [2.75, 3.05) is 13.7 Å². The van der Waals surface area contributed by atoms with Crippen LogP contribution >= 0.6 is 0 Å². The van der Waals surface area contributed by atoms with Crippen molar-refractivity contribution in [1.82, 2.24) is 4.90 Å². The first-order valence-electron chi connectivity index (χ1n) is 5.43. The second-order valence-electron chi connectivity index (χ2n) is 4.14. The fourth-order valence-electron chi connectivity index (χ4n) is 1.38. The van der Waals surface area contributed by atoms with E-state index in [-0.39, 0.29) is 6.61 Å². The lowest BCUT2D eigenvalue weighted by Gasteiger charge is -2.23. The highest BCUT2D eigenvalue weighted by Gasteiger charge is 2.32. The largest absolute Gasteiger partial charge is 0.416 e. The van der Waals surface area contributed by atoms with Gasteiger partial charge in [-0.05, 0) is 25.1 Å². The number of hydrogen-bond donors (Lipinski definition) is 1. The van der Waals surface area contributed by atoms with Crippen LogP contribution in [0.4, 0.5) is 17.6 Å². The van der Waals surface area contributed by atoms with E-state index in [0.717, 1.165) is 4.90 Å². The molecule has 0 aromatic heterocycles. The van der Waals surface area contributed by atoms with Crippen molar-refractivity contribution in [3.05, 3.63) is 35.1 Å². The lowest BCUT2D eigenvalue weighted by molar-refractivity contribution is -0.137. The van der Waals surface area contributed by atoms with Gasteiger partial charge in [0.1, 0.15) is 5.82 Å². The van der Waals surface area contributed by atoms with E-state index in [9.17, 15) is 22.4 Å². The minimum absolute atomic E-state index is 0.372. The maximum atomic E-state index is 13.5. The molecule has 0 aliphatic heterocycles. The predicted molar refractivity (Wildman–Crippen MR) is 60.0 cm³/mol. The Bertz CT molecular complexity index is 473. The van der Waals surface area contributed by atoms with Crippen LogP contribution in [0.15, 0.2) is 18.2 Å². The molecule has 1 aromatic carbocycles. The third kappa shape index (κ3) is 3.44. The highest BCUT2D eigenvalue weighted by molar-refractivity contribution is 5.94. The Hall–Kier alpha value is -1.63. The second-order valence-corrected chi connectivity index (χ2v) is 4.14. The molecule has 0 aliphatic rings. The van der Waals surface area contributed by atoms with Crippen LogP contribution < -0.4 is 0 Å². The molecule has 0 fully saturated rings. The van der Waals surface area contributed by atoms with Gasteiger partial charge in [0.05, 0.1) is 23.8 Å². The molecule has 0 bridgehead atoms. The van der Waals surface area contributed by atoms with Gasteiger partial charge >= 0.3 is 6.18 Å². The van der Waals surface area contributed by atoms with E-state index in [1.165, 1.54) is 14.0 Å². The van der Waals surface area contributed by atoms with Crippen molar-refractivity contribution < 1.29 is 27.5 Å².